The van der Waals surface area contributed by atoms with E-state index >= 15 is 0 Å². The third kappa shape index (κ3) is 3.78. The van der Waals surface area contributed by atoms with E-state index in [-0.39, 0.29) is 0 Å². The summed E-state index contributed by atoms with van der Waals surface area (Å²) in [6, 6.07) is 13.3. The molecule has 2 aromatic heterocycles. The van der Waals surface area contributed by atoms with Gasteiger partial charge < -0.3 is 10.2 Å². The number of aryl methyl sites for hydroxylation is 1. The Morgan fingerprint density at radius 1 is 1.04 bits per heavy atom. The van der Waals surface area contributed by atoms with Gasteiger partial charge in [-0.05, 0) is 37.5 Å². The Hall–Kier alpha value is -2.73. The number of hydrogen-bond donors (Lipinski definition) is 1. The van der Waals surface area contributed by atoms with E-state index in [9.17, 15) is 0 Å². The van der Waals surface area contributed by atoms with E-state index < -0.39 is 0 Å². The molecule has 3 heterocycles. The van der Waals surface area contributed by atoms with Crippen LogP contribution in [-0.4, -0.2) is 52.1 Å². The Morgan fingerprint density at radius 3 is 2.68 bits per heavy atom. The molecule has 6 heteroatoms. The Kier molecular flexibility index (Phi) is 4.56. The predicted octanol–water partition coefficient (Wildman–Crippen LogP) is 3.23. The highest BCUT2D eigenvalue weighted by Gasteiger charge is 2.27. The zero-order chi connectivity index (χ0) is 18.9. The Morgan fingerprint density at radius 2 is 1.89 bits per heavy atom. The molecular formula is C22H26N6. The van der Waals surface area contributed by atoms with Crippen molar-refractivity contribution in [2.75, 3.05) is 36.4 Å². The van der Waals surface area contributed by atoms with Gasteiger partial charge in [-0.2, -0.15) is 0 Å². The summed E-state index contributed by atoms with van der Waals surface area (Å²) in [6.45, 7) is 7.13. The van der Waals surface area contributed by atoms with Gasteiger partial charge in [0.25, 0.3) is 0 Å². The van der Waals surface area contributed by atoms with E-state index in [1.807, 2.05) is 12.1 Å². The van der Waals surface area contributed by atoms with Crippen LogP contribution in [0.3, 0.4) is 0 Å². The smallest absolute Gasteiger partial charge is 0.180 e. The zero-order valence-corrected chi connectivity index (χ0v) is 16.3. The molecule has 0 atom stereocenters. The van der Waals surface area contributed by atoms with Gasteiger partial charge in [-0.3, -0.25) is 4.90 Å². The largest absolute Gasteiger partial charge is 0.364 e. The van der Waals surface area contributed by atoms with Crippen LogP contribution in [0.1, 0.15) is 24.0 Å². The predicted molar refractivity (Wildman–Crippen MR) is 113 cm³/mol. The number of fused-ring (bicyclic) bond motifs is 1. The zero-order valence-electron chi connectivity index (χ0n) is 16.3. The van der Waals surface area contributed by atoms with Gasteiger partial charge in [0.2, 0.25) is 0 Å². The minimum atomic E-state index is 0.546. The number of benzene rings is 1. The highest BCUT2D eigenvalue weighted by atomic mass is 15.3. The van der Waals surface area contributed by atoms with Crippen molar-refractivity contribution in [3.05, 3.63) is 53.7 Å². The maximum atomic E-state index is 4.87. The third-order valence-electron chi connectivity index (χ3n) is 5.50. The number of nitrogens with one attached hydrogen (secondary N) is 1. The number of anilines is 2. The molecule has 28 heavy (non-hydrogen) atoms. The van der Waals surface area contributed by atoms with Crippen LogP contribution in [0.4, 0.5) is 11.6 Å². The molecule has 2 fully saturated rings. The third-order valence-corrected chi connectivity index (χ3v) is 5.50. The van der Waals surface area contributed by atoms with Crippen molar-refractivity contribution in [2.45, 2.75) is 32.4 Å². The Labute approximate surface area is 165 Å². The normalized spacial score (nSPS) is 17.8. The van der Waals surface area contributed by atoms with Gasteiger partial charge in [0.1, 0.15) is 5.52 Å². The van der Waals surface area contributed by atoms with Crippen molar-refractivity contribution < 1.29 is 0 Å². The van der Waals surface area contributed by atoms with Crippen LogP contribution in [0, 0.1) is 6.92 Å². The first kappa shape index (κ1) is 17.4. The van der Waals surface area contributed by atoms with Crippen molar-refractivity contribution in [1.29, 1.82) is 0 Å². The van der Waals surface area contributed by atoms with Gasteiger partial charge in [0, 0.05) is 45.0 Å². The lowest BCUT2D eigenvalue weighted by molar-refractivity contribution is 0.249. The summed E-state index contributed by atoms with van der Waals surface area (Å²) in [5, 5.41) is 3.57. The molecule has 1 saturated carbocycles. The fraction of sp³-hybridized carbons (Fsp3) is 0.409. The molecule has 5 rings (SSSR count). The Balaban J connectivity index is 1.33. The van der Waals surface area contributed by atoms with E-state index in [0.29, 0.717) is 6.04 Å². The minimum absolute atomic E-state index is 0.546. The molecule has 1 aliphatic heterocycles. The van der Waals surface area contributed by atoms with Crippen molar-refractivity contribution in [1.82, 2.24) is 19.9 Å². The quantitative estimate of drug-likeness (QED) is 0.740. The van der Waals surface area contributed by atoms with E-state index in [1.54, 1.807) is 6.20 Å². The Bertz CT molecular complexity index is 976. The second-order valence-corrected chi connectivity index (χ2v) is 7.91. The van der Waals surface area contributed by atoms with Crippen LogP contribution in [0.5, 0.6) is 0 Å². The average molecular weight is 374 g/mol. The van der Waals surface area contributed by atoms with Crippen molar-refractivity contribution in [3.8, 4) is 0 Å². The standard InChI is InChI=1S/C22H26N6/c1-16-4-2-5-17(14-16)15-27-10-12-28(13-11-27)22-21(24-18-7-8-18)25-19-6-3-9-23-20(19)26-22/h2-6,9,14,18H,7-8,10-13,15H2,1H3,(H,24,25). The molecule has 0 amide bonds. The van der Waals surface area contributed by atoms with Gasteiger partial charge in [-0.25, -0.2) is 15.0 Å². The van der Waals surface area contributed by atoms with Crippen molar-refractivity contribution in [3.63, 3.8) is 0 Å². The first-order valence-corrected chi connectivity index (χ1v) is 10.2. The molecule has 1 aliphatic carbocycles. The van der Waals surface area contributed by atoms with Gasteiger partial charge in [-0.15, -0.1) is 0 Å². The van der Waals surface area contributed by atoms with Gasteiger partial charge >= 0.3 is 0 Å². The van der Waals surface area contributed by atoms with Gasteiger partial charge in [0.15, 0.2) is 17.3 Å². The molecule has 6 nitrogen and oxygen atoms in total. The molecule has 2 aliphatic rings. The fourth-order valence-corrected chi connectivity index (χ4v) is 3.81. The van der Waals surface area contributed by atoms with Crippen LogP contribution in [-0.2, 0) is 6.54 Å². The number of nitrogens with zero attached hydrogens (tertiary/aromatic N) is 5. The summed E-state index contributed by atoms with van der Waals surface area (Å²) < 4.78 is 0. The van der Waals surface area contributed by atoms with Crippen LogP contribution in [0.25, 0.3) is 11.2 Å². The monoisotopic (exact) mass is 374 g/mol. The van der Waals surface area contributed by atoms with E-state index in [2.05, 4.69) is 51.3 Å². The number of rotatable bonds is 5. The van der Waals surface area contributed by atoms with Gasteiger partial charge in [-0.1, -0.05) is 29.8 Å². The molecule has 0 radical (unpaired) electrons. The SMILES string of the molecule is Cc1cccc(CN2CCN(c3nc4ncccc4nc3NC3CC3)CC2)c1. The summed E-state index contributed by atoms with van der Waals surface area (Å²) in [6.07, 6.45) is 4.22. The number of aromatic nitrogens is 3. The highest BCUT2D eigenvalue weighted by molar-refractivity contribution is 5.77. The second-order valence-electron chi connectivity index (χ2n) is 7.91. The molecular weight excluding hydrogens is 348 g/mol. The average Bonchev–Trinajstić information content (AvgIpc) is 3.52. The van der Waals surface area contributed by atoms with E-state index in [1.165, 1.54) is 24.0 Å². The second kappa shape index (κ2) is 7.36. The van der Waals surface area contributed by atoms with Crippen LogP contribution < -0.4 is 10.2 Å². The minimum Gasteiger partial charge on any atom is -0.364 e. The lowest BCUT2D eigenvalue weighted by atomic mass is 10.1. The first-order valence-electron chi connectivity index (χ1n) is 10.2. The van der Waals surface area contributed by atoms with E-state index in [0.717, 1.165) is 55.5 Å². The van der Waals surface area contributed by atoms with Gasteiger partial charge in [0.05, 0.1) is 0 Å². The van der Waals surface area contributed by atoms with Crippen LogP contribution in [0.2, 0.25) is 0 Å². The molecule has 0 spiro atoms. The van der Waals surface area contributed by atoms with Crippen LogP contribution >= 0.6 is 0 Å². The fourth-order valence-electron chi connectivity index (χ4n) is 3.81. The van der Waals surface area contributed by atoms with Crippen molar-refractivity contribution >= 4 is 22.8 Å². The van der Waals surface area contributed by atoms with Crippen molar-refractivity contribution in [2.24, 2.45) is 0 Å². The summed E-state index contributed by atoms with van der Waals surface area (Å²) >= 11 is 0. The molecule has 1 N–H and O–H groups in total. The highest BCUT2D eigenvalue weighted by Crippen LogP contribution is 2.30. The number of piperazine rings is 1. The lowest BCUT2D eigenvalue weighted by Crippen LogP contribution is -2.46. The molecule has 1 aromatic carbocycles. The summed E-state index contributed by atoms with van der Waals surface area (Å²) in [5.41, 5.74) is 4.29. The maximum absolute atomic E-state index is 4.87. The number of pyridine rings is 1. The molecule has 0 unspecified atom stereocenters. The molecule has 0 bridgehead atoms. The maximum Gasteiger partial charge on any atom is 0.180 e. The summed E-state index contributed by atoms with van der Waals surface area (Å²) in [7, 11) is 0. The molecule has 1 saturated heterocycles. The first-order chi connectivity index (χ1) is 13.7. The van der Waals surface area contributed by atoms with Crippen LogP contribution in [0.15, 0.2) is 42.6 Å². The molecule has 3 aromatic rings. The molecule has 144 valence electrons. The summed E-state index contributed by atoms with van der Waals surface area (Å²) in [4.78, 5) is 19.0. The van der Waals surface area contributed by atoms with E-state index in [4.69, 9.17) is 9.97 Å². The topological polar surface area (TPSA) is 57.2 Å². The number of hydrogen-bond acceptors (Lipinski definition) is 6. The summed E-state index contributed by atoms with van der Waals surface area (Å²) in [5.74, 6) is 1.86. The lowest BCUT2D eigenvalue weighted by Gasteiger charge is -2.36.